The Hall–Kier alpha value is -1.56. The molecule has 5 nitrogen and oxygen atoms in total. The van der Waals surface area contributed by atoms with Gasteiger partial charge in [-0.15, -0.1) is 0 Å². The molecule has 1 amide bonds. The summed E-state index contributed by atoms with van der Waals surface area (Å²) in [6.45, 7) is 4.59. The highest BCUT2D eigenvalue weighted by Crippen LogP contribution is 2.30. The largest absolute Gasteiger partial charge is 0.383 e. The van der Waals surface area contributed by atoms with Crippen LogP contribution in [0, 0.1) is 5.92 Å². The van der Waals surface area contributed by atoms with Gasteiger partial charge in [0, 0.05) is 18.5 Å². The van der Waals surface area contributed by atoms with Crippen LogP contribution >= 0.6 is 0 Å². The van der Waals surface area contributed by atoms with Crippen molar-refractivity contribution < 1.29 is 17.4 Å². The molecule has 0 aliphatic heterocycles. The van der Waals surface area contributed by atoms with Crippen molar-refractivity contribution in [2.75, 3.05) is 6.26 Å². The fourth-order valence-electron chi connectivity index (χ4n) is 2.63. The van der Waals surface area contributed by atoms with E-state index in [1.165, 1.54) is 0 Å². The summed E-state index contributed by atoms with van der Waals surface area (Å²) in [6, 6.07) is 7.08. The monoisotopic (exact) mass is 339 g/mol. The second kappa shape index (κ2) is 7.34. The summed E-state index contributed by atoms with van der Waals surface area (Å²) in [7, 11) is -3.55. The van der Waals surface area contributed by atoms with Crippen LogP contribution in [0.4, 0.5) is 0 Å². The van der Waals surface area contributed by atoms with E-state index in [1.54, 1.807) is 18.2 Å². The highest BCUT2D eigenvalue weighted by Gasteiger charge is 2.31. The fraction of sp³-hybridized carbons (Fsp3) is 0.588. The van der Waals surface area contributed by atoms with Crippen LogP contribution in [-0.2, 0) is 21.5 Å². The van der Waals surface area contributed by atoms with Gasteiger partial charge in [0.05, 0.1) is 6.26 Å². The Morgan fingerprint density at radius 1 is 1.39 bits per heavy atom. The quantitative estimate of drug-likeness (QED) is 0.717. The molecule has 0 heterocycles. The Morgan fingerprint density at radius 2 is 2.09 bits per heavy atom. The van der Waals surface area contributed by atoms with Gasteiger partial charge in [0.1, 0.15) is 5.75 Å². The number of carbonyl (C=O) groups is 1. The normalized spacial score (nSPS) is 16.5. The Kier molecular flexibility index (Phi) is 5.68. The maximum absolute atomic E-state index is 12.6. The van der Waals surface area contributed by atoms with Gasteiger partial charge < -0.3 is 9.08 Å². The summed E-state index contributed by atoms with van der Waals surface area (Å²) in [5, 5.41) is 0. The lowest BCUT2D eigenvalue weighted by Crippen LogP contribution is -2.43. The van der Waals surface area contributed by atoms with Crippen LogP contribution in [0.25, 0.3) is 0 Å². The minimum atomic E-state index is -3.55. The molecule has 23 heavy (non-hydrogen) atoms. The van der Waals surface area contributed by atoms with Crippen LogP contribution in [0.5, 0.6) is 5.75 Å². The molecule has 0 bridgehead atoms. The van der Waals surface area contributed by atoms with Crippen LogP contribution in [0.1, 0.15) is 45.1 Å². The number of nitrogens with zero attached hydrogens (tertiary/aromatic N) is 1. The van der Waals surface area contributed by atoms with Crippen molar-refractivity contribution in [2.24, 2.45) is 5.92 Å². The van der Waals surface area contributed by atoms with Crippen LogP contribution in [0.15, 0.2) is 24.3 Å². The smallest absolute Gasteiger partial charge is 0.306 e. The first-order chi connectivity index (χ1) is 10.8. The maximum Gasteiger partial charge on any atom is 0.306 e. The molecule has 1 atom stereocenters. The molecule has 1 aliphatic carbocycles. The van der Waals surface area contributed by atoms with Crippen LogP contribution in [0.3, 0.4) is 0 Å². The highest BCUT2D eigenvalue weighted by atomic mass is 32.2. The molecular formula is C17H25NO4S. The highest BCUT2D eigenvalue weighted by molar-refractivity contribution is 7.86. The van der Waals surface area contributed by atoms with Gasteiger partial charge in [-0.2, -0.15) is 8.42 Å². The Morgan fingerprint density at radius 3 is 2.61 bits per heavy atom. The lowest BCUT2D eigenvalue weighted by atomic mass is 9.84. The summed E-state index contributed by atoms with van der Waals surface area (Å²) in [6.07, 6.45) is 4.98. The molecule has 0 N–H and O–H groups in total. The van der Waals surface area contributed by atoms with E-state index < -0.39 is 10.1 Å². The molecule has 1 aromatic carbocycles. The Bertz CT molecular complexity index is 652. The van der Waals surface area contributed by atoms with Crippen molar-refractivity contribution in [1.82, 2.24) is 4.90 Å². The standard InChI is InChI=1S/C17H25NO4S/c1-4-13(2)18(17(19)15-8-6-9-15)12-14-7-5-10-16(11-14)22-23(3,20)21/h5,7,10-11,13,15H,4,6,8-9,12H2,1-3H3/t13-/m0/s1. The van der Waals surface area contributed by atoms with Crippen molar-refractivity contribution in [3.05, 3.63) is 29.8 Å². The number of hydrogen-bond donors (Lipinski definition) is 0. The average molecular weight is 339 g/mol. The van der Waals surface area contributed by atoms with Gasteiger partial charge in [-0.3, -0.25) is 4.79 Å². The predicted octanol–water partition coefficient (Wildman–Crippen LogP) is 2.95. The lowest BCUT2D eigenvalue weighted by Gasteiger charge is -2.35. The third-order valence-corrected chi connectivity index (χ3v) is 4.85. The molecule has 1 fully saturated rings. The van der Waals surface area contributed by atoms with E-state index in [0.717, 1.165) is 37.5 Å². The zero-order valence-electron chi connectivity index (χ0n) is 14.0. The third-order valence-electron chi connectivity index (χ3n) is 4.36. The van der Waals surface area contributed by atoms with E-state index in [-0.39, 0.29) is 23.6 Å². The molecule has 6 heteroatoms. The SMILES string of the molecule is CC[C@H](C)N(Cc1cccc(OS(C)(=O)=O)c1)C(=O)C1CCC1. The summed E-state index contributed by atoms with van der Waals surface area (Å²) in [5.74, 6) is 0.643. The van der Waals surface area contributed by atoms with E-state index >= 15 is 0 Å². The second-order valence-electron chi connectivity index (χ2n) is 6.29. The Labute approximate surface area is 138 Å². The molecule has 2 rings (SSSR count). The van der Waals surface area contributed by atoms with E-state index in [1.807, 2.05) is 17.9 Å². The van der Waals surface area contributed by atoms with Gasteiger partial charge in [-0.05, 0) is 43.9 Å². The number of hydrogen-bond acceptors (Lipinski definition) is 4. The number of rotatable bonds is 7. The van der Waals surface area contributed by atoms with Gasteiger partial charge in [-0.25, -0.2) is 0 Å². The first-order valence-electron chi connectivity index (χ1n) is 8.09. The van der Waals surface area contributed by atoms with Gasteiger partial charge in [0.25, 0.3) is 0 Å². The number of benzene rings is 1. The van der Waals surface area contributed by atoms with E-state index in [2.05, 4.69) is 6.92 Å². The summed E-state index contributed by atoms with van der Waals surface area (Å²) < 4.78 is 27.4. The first-order valence-corrected chi connectivity index (χ1v) is 9.90. The molecule has 0 aromatic heterocycles. The zero-order chi connectivity index (χ0) is 17.0. The zero-order valence-corrected chi connectivity index (χ0v) is 14.8. The molecule has 0 unspecified atom stereocenters. The van der Waals surface area contributed by atoms with Gasteiger partial charge in [-0.1, -0.05) is 25.5 Å². The molecule has 1 aliphatic rings. The van der Waals surface area contributed by atoms with E-state index in [9.17, 15) is 13.2 Å². The third kappa shape index (κ3) is 4.96. The van der Waals surface area contributed by atoms with Gasteiger partial charge >= 0.3 is 10.1 Å². The van der Waals surface area contributed by atoms with E-state index in [0.29, 0.717) is 6.54 Å². The average Bonchev–Trinajstić information content (AvgIpc) is 2.40. The van der Waals surface area contributed by atoms with E-state index in [4.69, 9.17) is 4.18 Å². The molecule has 1 saturated carbocycles. The summed E-state index contributed by atoms with van der Waals surface area (Å²) in [4.78, 5) is 14.5. The maximum atomic E-state index is 12.6. The molecule has 0 spiro atoms. The first kappa shape index (κ1) is 17.8. The summed E-state index contributed by atoms with van der Waals surface area (Å²) in [5.41, 5.74) is 0.874. The van der Waals surface area contributed by atoms with Crippen LogP contribution in [0.2, 0.25) is 0 Å². The molecular weight excluding hydrogens is 314 g/mol. The van der Waals surface area contributed by atoms with Crippen molar-refractivity contribution in [1.29, 1.82) is 0 Å². The lowest BCUT2D eigenvalue weighted by molar-refractivity contribution is -0.141. The molecule has 0 radical (unpaired) electrons. The van der Waals surface area contributed by atoms with Crippen molar-refractivity contribution in [3.8, 4) is 5.75 Å². The number of amides is 1. The van der Waals surface area contributed by atoms with Crippen LogP contribution < -0.4 is 4.18 Å². The van der Waals surface area contributed by atoms with Gasteiger partial charge in [0.15, 0.2) is 0 Å². The molecule has 0 saturated heterocycles. The predicted molar refractivity (Wildman–Crippen MR) is 89.6 cm³/mol. The minimum absolute atomic E-state index is 0.152. The number of carbonyl (C=O) groups excluding carboxylic acids is 1. The summed E-state index contributed by atoms with van der Waals surface area (Å²) >= 11 is 0. The van der Waals surface area contributed by atoms with Gasteiger partial charge in [0.2, 0.25) is 5.91 Å². The van der Waals surface area contributed by atoms with Crippen LogP contribution in [-0.4, -0.2) is 31.5 Å². The molecule has 128 valence electrons. The molecule has 1 aromatic rings. The van der Waals surface area contributed by atoms with Crippen molar-refractivity contribution >= 4 is 16.0 Å². The minimum Gasteiger partial charge on any atom is -0.383 e. The second-order valence-corrected chi connectivity index (χ2v) is 7.86. The van der Waals surface area contributed by atoms with Crippen molar-refractivity contribution in [2.45, 2.75) is 52.1 Å². The van der Waals surface area contributed by atoms with Crippen molar-refractivity contribution in [3.63, 3.8) is 0 Å². The fourth-order valence-corrected chi connectivity index (χ4v) is 3.08. The Balaban J connectivity index is 2.15. The topological polar surface area (TPSA) is 63.7 Å².